The van der Waals surface area contributed by atoms with Crippen LogP contribution >= 0.6 is 11.6 Å². The second-order valence-corrected chi connectivity index (χ2v) is 4.74. The summed E-state index contributed by atoms with van der Waals surface area (Å²) < 4.78 is 5.85. The van der Waals surface area contributed by atoms with E-state index in [2.05, 4.69) is 13.0 Å². The van der Waals surface area contributed by atoms with Crippen LogP contribution in [0.3, 0.4) is 0 Å². The molecule has 0 aromatic rings. The van der Waals surface area contributed by atoms with Gasteiger partial charge in [-0.2, -0.15) is 0 Å². The Morgan fingerprint density at radius 1 is 1.69 bits per heavy atom. The Balaban J connectivity index is 2.19. The van der Waals surface area contributed by atoms with Crippen molar-refractivity contribution >= 4 is 11.6 Å². The summed E-state index contributed by atoms with van der Waals surface area (Å²) in [4.78, 5) is 0. The fourth-order valence-electron chi connectivity index (χ4n) is 2.77. The molecule has 0 saturated heterocycles. The summed E-state index contributed by atoms with van der Waals surface area (Å²) in [5.74, 6) is 0.776. The predicted octanol–water partition coefficient (Wildman–Crippen LogP) is 3.48. The van der Waals surface area contributed by atoms with Crippen LogP contribution in [0.5, 0.6) is 0 Å². The highest BCUT2D eigenvalue weighted by molar-refractivity contribution is 6.29. The molecule has 13 heavy (non-hydrogen) atoms. The van der Waals surface area contributed by atoms with Gasteiger partial charge in [0, 0.05) is 11.6 Å². The van der Waals surface area contributed by atoms with Gasteiger partial charge in [0.15, 0.2) is 0 Å². The second-order valence-electron chi connectivity index (χ2n) is 4.26. The number of halogens is 1. The van der Waals surface area contributed by atoms with Gasteiger partial charge in [-0.1, -0.05) is 11.6 Å². The van der Waals surface area contributed by atoms with E-state index in [1.165, 1.54) is 19.3 Å². The summed E-state index contributed by atoms with van der Waals surface area (Å²) in [6.45, 7) is 2.86. The van der Waals surface area contributed by atoms with E-state index in [-0.39, 0.29) is 5.60 Å². The van der Waals surface area contributed by atoms with Gasteiger partial charge in [0.25, 0.3) is 0 Å². The fraction of sp³-hybridized carbons (Fsp3) is 0.818. The normalized spacial score (nSPS) is 38.6. The highest BCUT2D eigenvalue weighted by atomic mass is 35.5. The van der Waals surface area contributed by atoms with Gasteiger partial charge >= 0.3 is 0 Å². The Bertz CT molecular complexity index is 220. The van der Waals surface area contributed by atoms with E-state index in [4.69, 9.17) is 16.3 Å². The quantitative estimate of drug-likeness (QED) is 0.663. The maximum Gasteiger partial charge on any atom is 0.0879 e. The van der Waals surface area contributed by atoms with Crippen molar-refractivity contribution in [3.05, 3.63) is 11.1 Å². The molecule has 2 atom stereocenters. The average molecular weight is 201 g/mol. The molecule has 0 N–H and O–H groups in total. The van der Waals surface area contributed by atoms with Crippen molar-refractivity contribution in [2.24, 2.45) is 5.92 Å². The lowest BCUT2D eigenvalue weighted by molar-refractivity contribution is -0.0466. The zero-order valence-corrected chi connectivity index (χ0v) is 8.94. The van der Waals surface area contributed by atoms with Crippen LogP contribution in [0.4, 0.5) is 0 Å². The number of hydrogen-bond donors (Lipinski definition) is 0. The Morgan fingerprint density at radius 2 is 2.54 bits per heavy atom. The first-order chi connectivity index (χ1) is 6.24. The molecule has 1 fully saturated rings. The van der Waals surface area contributed by atoms with Crippen LogP contribution < -0.4 is 0 Å². The largest absolute Gasteiger partial charge is 0.371 e. The monoisotopic (exact) mass is 200 g/mol. The highest BCUT2D eigenvalue weighted by Crippen LogP contribution is 2.44. The maximum atomic E-state index is 6.13. The molecule has 0 radical (unpaired) electrons. The molecule has 2 bridgehead atoms. The van der Waals surface area contributed by atoms with Crippen LogP contribution in [-0.4, -0.2) is 12.2 Å². The number of fused-ring (bicyclic) bond motifs is 2. The Hall–Kier alpha value is -0.0100. The summed E-state index contributed by atoms with van der Waals surface area (Å²) in [5.41, 5.74) is 0.00694. The molecule has 2 rings (SSSR count). The molecule has 2 unspecified atom stereocenters. The zero-order valence-electron chi connectivity index (χ0n) is 8.18. The lowest BCUT2D eigenvalue weighted by atomic mass is 9.73. The van der Waals surface area contributed by atoms with E-state index in [1.807, 2.05) is 0 Å². The molecule has 0 aliphatic heterocycles. The molecule has 74 valence electrons. The zero-order chi connectivity index (χ0) is 9.31. The number of ether oxygens (including phenoxy) is 1. The third-order valence-corrected chi connectivity index (χ3v) is 3.45. The molecule has 2 aliphatic rings. The maximum absolute atomic E-state index is 6.13. The van der Waals surface area contributed by atoms with E-state index in [1.54, 1.807) is 0 Å². The van der Waals surface area contributed by atoms with E-state index < -0.39 is 0 Å². The van der Waals surface area contributed by atoms with Crippen molar-refractivity contribution in [1.29, 1.82) is 0 Å². The summed E-state index contributed by atoms with van der Waals surface area (Å²) in [7, 11) is 0. The Labute approximate surface area is 85.1 Å². The van der Waals surface area contributed by atoms with Crippen LogP contribution in [0.15, 0.2) is 11.1 Å². The summed E-state index contributed by atoms with van der Waals surface area (Å²) in [6.07, 6.45) is 8.22. The van der Waals surface area contributed by atoms with E-state index in [9.17, 15) is 0 Å². The van der Waals surface area contributed by atoms with Gasteiger partial charge < -0.3 is 4.74 Å². The minimum Gasteiger partial charge on any atom is -0.371 e. The van der Waals surface area contributed by atoms with Crippen molar-refractivity contribution < 1.29 is 4.74 Å². The first kappa shape index (κ1) is 9.54. The van der Waals surface area contributed by atoms with Gasteiger partial charge in [-0.25, -0.2) is 0 Å². The SMILES string of the molecule is CCOC12C=C(Cl)CC(CCC1)C2. The molecule has 0 amide bonds. The van der Waals surface area contributed by atoms with Gasteiger partial charge in [0.1, 0.15) is 0 Å². The number of rotatable bonds is 2. The van der Waals surface area contributed by atoms with Crippen LogP contribution in [0, 0.1) is 5.92 Å². The summed E-state index contributed by atoms with van der Waals surface area (Å²) in [6, 6.07) is 0. The minimum atomic E-state index is 0.00694. The van der Waals surface area contributed by atoms with Crippen molar-refractivity contribution in [2.75, 3.05) is 6.61 Å². The van der Waals surface area contributed by atoms with E-state index >= 15 is 0 Å². The average Bonchev–Trinajstić information content (AvgIpc) is 2.02. The van der Waals surface area contributed by atoms with Crippen molar-refractivity contribution in [2.45, 2.75) is 44.6 Å². The Kier molecular flexibility index (Phi) is 2.66. The summed E-state index contributed by atoms with van der Waals surface area (Å²) >= 11 is 6.13. The van der Waals surface area contributed by atoms with Crippen LogP contribution in [0.2, 0.25) is 0 Å². The molecular weight excluding hydrogens is 184 g/mol. The van der Waals surface area contributed by atoms with Crippen molar-refractivity contribution in [3.63, 3.8) is 0 Å². The van der Waals surface area contributed by atoms with Gasteiger partial charge in [-0.15, -0.1) is 0 Å². The summed E-state index contributed by atoms with van der Waals surface area (Å²) in [5, 5.41) is 1.02. The van der Waals surface area contributed by atoms with Gasteiger partial charge in [0.2, 0.25) is 0 Å². The lowest BCUT2D eigenvalue weighted by Gasteiger charge is -2.42. The van der Waals surface area contributed by atoms with Crippen molar-refractivity contribution in [1.82, 2.24) is 0 Å². The first-order valence-corrected chi connectivity index (χ1v) is 5.63. The van der Waals surface area contributed by atoms with Gasteiger partial charge in [0.05, 0.1) is 5.60 Å². The minimum absolute atomic E-state index is 0.00694. The standard InChI is InChI=1S/C11H17ClO/c1-2-13-11-5-3-4-9(7-11)6-10(12)8-11/h8-9H,2-7H2,1H3. The first-order valence-electron chi connectivity index (χ1n) is 5.25. The highest BCUT2D eigenvalue weighted by Gasteiger charge is 2.38. The molecule has 0 heterocycles. The predicted molar refractivity (Wildman–Crippen MR) is 54.9 cm³/mol. The van der Waals surface area contributed by atoms with Crippen LogP contribution in [0.25, 0.3) is 0 Å². The van der Waals surface area contributed by atoms with Gasteiger partial charge in [-0.05, 0) is 51.0 Å². The Morgan fingerprint density at radius 3 is 3.31 bits per heavy atom. The molecule has 1 nitrogen and oxygen atoms in total. The number of allylic oxidation sites excluding steroid dienone is 1. The molecule has 0 aromatic heterocycles. The third-order valence-electron chi connectivity index (χ3n) is 3.18. The van der Waals surface area contributed by atoms with Crippen molar-refractivity contribution in [3.8, 4) is 0 Å². The number of hydrogen-bond acceptors (Lipinski definition) is 1. The fourth-order valence-corrected chi connectivity index (χ4v) is 3.19. The smallest absolute Gasteiger partial charge is 0.0879 e. The topological polar surface area (TPSA) is 9.23 Å². The molecule has 0 aromatic carbocycles. The van der Waals surface area contributed by atoms with E-state index in [0.717, 1.165) is 30.4 Å². The molecule has 0 spiro atoms. The van der Waals surface area contributed by atoms with E-state index in [0.29, 0.717) is 0 Å². The second kappa shape index (κ2) is 3.62. The molecule has 1 saturated carbocycles. The van der Waals surface area contributed by atoms with Crippen LogP contribution in [-0.2, 0) is 4.74 Å². The molecule has 2 heteroatoms. The van der Waals surface area contributed by atoms with Gasteiger partial charge in [-0.3, -0.25) is 0 Å². The third kappa shape index (κ3) is 1.92. The lowest BCUT2D eigenvalue weighted by Crippen LogP contribution is -2.39. The molecule has 2 aliphatic carbocycles. The molecular formula is C11H17ClO. The van der Waals surface area contributed by atoms with Crippen LogP contribution in [0.1, 0.15) is 39.0 Å².